The highest BCUT2D eigenvalue weighted by atomic mass is 19.1. The fourth-order valence-corrected chi connectivity index (χ4v) is 1.92. The zero-order valence-corrected chi connectivity index (χ0v) is 12.5. The second-order valence-corrected chi connectivity index (χ2v) is 4.66. The fraction of sp³-hybridized carbons (Fsp3) is 0.235. The second-order valence-electron chi connectivity index (χ2n) is 4.66. The predicted molar refractivity (Wildman–Crippen MR) is 82.7 cm³/mol. The molecule has 1 unspecified atom stereocenters. The summed E-state index contributed by atoms with van der Waals surface area (Å²) in [7, 11) is 1.58. The second kappa shape index (κ2) is 7.45. The number of carbonyl (C=O) groups is 1. The van der Waals surface area contributed by atoms with Crippen molar-refractivity contribution in [3.8, 4) is 11.5 Å². The number of hydrogen-bond acceptors (Lipinski definition) is 3. The van der Waals surface area contributed by atoms with Crippen molar-refractivity contribution in [1.82, 2.24) is 0 Å². The molecule has 5 heteroatoms. The highest BCUT2D eigenvalue weighted by Gasteiger charge is 2.19. The van der Waals surface area contributed by atoms with Gasteiger partial charge in [0.25, 0.3) is 5.91 Å². The molecule has 0 aliphatic rings. The summed E-state index contributed by atoms with van der Waals surface area (Å²) in [6, 6.07) is 13.0. The lowest BCUT2D eigenvalue weighted by Gasteiger charge is -2.17. The van der Waals surface area contributed by atoms with E-state index in [0.29, 0.717) is 17.9 Å². The number of methoxy groups -OCH3 is 1. The average molecular weight is 303 g/mol. The molecule has 0 saturated heterocycles. The van der Waals surface area contributed by atoms with Crippen molar-refractivity contribution in [3.05, 3.63) is 54.3 Å². The molecule has 0 radical (unpaired) electrons. The first-order valence-corrected chi connectivity index (χ1v) is 7.00. The molecule has 1 N–H and O–H groups in total. The molecule has 116 valence electrons. The minimum Gasteiger partial charge on any atom is -0.497 e. The minimum absolute atomic E-state index is 0.143. The smallest absolute Gasteiger partial charge is 0.265 e. The third-order valence-corrected chi connectivity index (χ3v) is 3.13. The van der Waals surface area contributed by atoms with Crippen molar-refractivity contribution in [3.63, 3.8) is 0 Å². The van der Waals surface area contributed by atoms with Crippen LogP contribution in [0.2, 0.25) is 0 Å². The zero-order chi connectivity index (χ0) is 15.9. The van der Waals surface area contributed by atoms with Crippen LogP contribution >= 0.6 is 0 Å². The fourth-order valence-electron chi connectivity index (χ4n) is 1.92. The van der Waals surface area contributed by atoms with E-state index in [4.69, 9.17) is 9.47 Å². The van der Waals surface area contributed by atoms with Gasteiger partial charge in [-0.1, -0.05) is 19.1 Å². The molecule has 0 heterocycles. The van der Waals surface area contributed by atoms with Gasteiger partial charge >= 0.3 is 0 Å². The van der Waals surface area contributed by atoms with Gasteiger partial charge < -0.3 is 14.8 Å². The Morgan fingerprint density at radius 3 is 2.36 bits per heavy atom. The van der Waals surface area contributed by atoms with E-state index in [1.807, 2.05) is 6.92 Å². The van der Waals surface area contributed by atoms with Crippen molar-refractivity contribution in [2.24, 2.45) is 0 Å². The number of carbonyl (C=O) groups excluding carboxylic acids is 1. The molecule has 0 saturated carbocycles. The number of para-hydroxylation sites is 1. The van der Waals surface area contributed by atoms with Gasteiger partial charge in [-0.15, -0.1) is 0 Å². The van der Waals surface area contributed by atoms with Gasteiger partial charge in [-0.05, 0) is 42.8 Å². The Morgan fingerprint density at radius 2 is 1.77 bits per heavy atom. The van der Waals surface area contributed by atoms with Gasteiger partial charge in [0, 0.05) is 0 Å². The molecular weight excluding hydrogens is 285 g/mol. The van der Waals surface area contributed by atoms with E-state index in [2.05, 4.69) is 5.32 Å². The van der Waals surface area contributed by atoms with Gasteiger partial charge in [0.2, 0.25) is 0 Å². The molecule has 4 nitrogen and oxygen atoms in total. The number of ether oxygens (including phenoxy) is 2. The van der Waals surface area contributed by atoms with Gasteiger partial charge in [-0.3, -0.25) is 4.79 Å². The summed E-state index contributed by atoms with van der Waals surface area (Å²) in [4.78, 5) is 12.2. The van der Waals surface area contributed by atoms with Crippen LogP contribution < -0.4 is 14.8 Å². The Kier molecular flexibility index (Phi) is 5.36. The quantitative estimate of drug-likeness (QED) is 0.886. The Balaban J connectivity index is 2.03. The van der Waals surface area contributed by atoms with Crippen LogP contribution in [0, 0.1) is 5.82 Å². The van der Waals surface area contributed by atoms with Crippen molar-refractivity contribution in [2.75, 3.05) is 12.4 Å². The normalized spacial score (nSPS) is 11.6. The van der Waals surface area contributed by atoms with Crippen LogP contribution in [0.5, 0.6) is 11.5 Å². The van der Waals surface area contributed by atoms with Crippen LogP contribution in [0.1, 0.15) is 13.3 Å². The molecule has 0 fully saturated rings. The summed E-state index contributed by atoms with van der Waals surface area (Å²) in [6.07, 6.45) is -0.236. The summed E-state index contributed by atoms with van der Waals surface area (Å²) in [5.74, 6) is 0.395. The number of nitrogens with one attached hydrogen (secondary N) is 1. The minimum atomic E-state index is -0.701. The van der Waals surface area contributed by atoms with Gasteiger partial charge in [-0.25, -0.2) is 4.39 Å². The molecule has 2 aromatic rings. The molecule has 2 rings (SSSR count). The first kappa shape index (κ1) is 15.8. The van der Waals surface area contributed by atoms with Gasteiger partial charge in [0.05, 0.1) is 12.8 Å². The van der Waals surface area contributed by atoms with Crippen LogP contribution in [0.4, 0.5) is 10.1 Å². The Bertz CT molecular complexity index is 628. The molecule has 2 aromatic carbocycles. The van der Waals surface area contributed by atoms with Crippen molar-refractivity contribution in [1.29, 1.82) is 0 Å². The summed E-state index contributed by atoms with van der Waals surface area (Å²) >= 11 is 0. The summed E-state index contributed by atoms with van der Waals surface area (Å²) in [5, 5.41) is 2.54. The van der Waals surface area contributed by atoms with Crippen molar-refractivity contribution in [2.45, 2.75) is 19.4 Å². The monoisotopic (exact) mass is 303 g/mol. The van der Waals surface area contributed by atoms with Crippen molar-refractivity contribution < 1.29 is 18.7 Å². The maximum atomic E-state index is 13.6. The van der Waals surface area contributed by atoms with Crippen LogP contribution in [0.25, 0.3) is 0 Å². The summed E-state index contributed by atoms with van der Waals surface area (Å²) in [6.45, 7) is 1.83. The molecule has 0 bridgehead atoms. The third-order valence-electron chi connectivity index (χ3n) is 3.13. The molecule has 0 aromatic heterocycles. The van der Waals surface area contributed by atoms with Crippen LogP contribution in [-0.2, 0) is 4.79 Å². The van der Waals surface area contributed by atoms with Crippen LogP contribution in [0.15, 0.2) is 48.5 Å². The Labute approximate surface area is 128 Å². The average Bonchev–Trinajstić information content (AvgIpc) is 2.55. The van der Waals surface area contributed by atoms with Gasteiger partial charge in [0.15, 0.2) is 6.10 Å². The van der Waals surface area contributed by atoms with E-state index in [1.165, 1.54) is 12.1 Å². The highest BCUT2D eigenvalue weighted by molar-refractivity contribution is 5.94. The molecule has 22 heavy (non-hydrogen) atoms. The third kappa shape index (κ3) is 3.97. The molecule has 1 amide bonds. The van der Waals surface area contributed by atoms with Crippen molar-refractivity contribution >= 4 is 11.6 Å². The van der Waals surface area contributed by atoms with E-state index in [1.54, 1.807) is 43.5 Å². The lowest BCUT2D eigenvalue weighted by atomic mass is 10.2. The van der Waals surface area contributed by atoms with E-state index in [9.17, 15) is 9.18 Å². The Morgan fingerprint density at radius 1 is 1.14 bits per heavy atom. The standard InChI is InChI=1S/C17H18FNO3/c1-3-16(22-13-10-8-12(21-2)9-11-13)17(20)19-15-7-5-4-6-14(15)18/h4-11,16H,3H2,1-2H3,(H,19,20). The molecule has 1 atom stereocenters. The molecule has 0 spiro atoms. The summed E-state index contributed by atoms with van der Waals surface area (Å²) in [5.41, 5.74) is 0.143. The number of hydrogen-bond donors (Lipinski definition) is 1. The maximum Gasteiger partial charge on any atom is 0.265 e. The number of halogens is 1. The zero-order valence-electron chi connectivity index (χ0n) is 12.5. The number of anilines is 1. The van der Waals surface area contributed by atoms with Crippen LogP contribution in [0.3, 0.4) is 0 Å². The van der Waals surface area contributed by atoms with Gasteiger partial charge in [-0.2, -0.15) is 0 Å². The van der Waals surface area contributed by atoms with E-state index in [0.717, 1.165) is 0 Å². The number of amides is 1. The first-order valence-electron chi connectivity index (χ1n) is 7.00. The van der Waals surface area contributed by atoms with Gasteiger partial charge in [0.1, 0.15) is 17.3 Å². The number of rotatable bonds is 6. The van der Waals surface area contributed by atoms with E-state index >= 15 is 0 Å². The lowest BCUT2D eigenvalue weighted by molar-refractivity contribution is -0.122. The summed E-state index contributed by atoms with van der Waals surface area (Å²) < 4.78 is 24.3. The first-order chi connectivity index (χ1) is 10.6. The highest BCUT2D eigenvalue weighted by Crippen LogP contribution is 2.20. The Hall–Kier alpha value is -2.56. The van der Waals surface area contributed by atoms with E-state index < -0.39 is 11.9 Å². The number of benzene rings is 2. The largest absolute Gasteiger partial charge is 0.497 e. The predicted octanol–water partition coefficient (Wildman–Crippen LogP) is 3.63. The molecule has 0 aliphatic heterocycles. The molecular formula is C17H18FNO3. The van der Waals surface area contributed by atoms with E-state index in [-0.39, 0.29) is 11.6 Å². The SMILES string of the molecule is CCC(Oc1ccc(OC)cc1)C(=O)Nc1ccccc1F. The maximum absolute atomic E-state index is 13.6. The van der Waals surface area contributed by atoms with Crippen LogP contribution in [-0.4, -0.2) is 19.1 Å². The topological polar surface area (TPSA) is 47.6 Å². The molecule has 0 aliphatic carbocycles. The lowest BCUT2D eigenvalue weighted by Crippen LogP contribution is -2.32.